The van der Waals surface area contributed by atoms with Gasteiger partial charge in [0.25, 0.3) is 0 Å². The maximum Gasteiger partial charge on any atom is 0.326 e. The van der Waals surface area contributed by atoms with E-state index in [1.165, 1.54) is 0 Å². The van der Waals surface area contributed by atoms with E-state index in [-0.39, 0.29) is 31.0 Å². The lowest BCUT2D eigenvalue weighted by atomic mass is 10.2. The summed E-state index contributed by atoms with van der Waals surface area (Å²) in [5, 5.41) is 15.9. The van der Waals surface area contributed by atoms with Crippen molar-refractivity contribution in [3.05, 3.63) is 0 Å². The van der Waals surface area contributed by atoms with Gasteiger partial charge in [0.05, 0.1) is 6.54 Å². The van der Waals surface area contributed by atoms with Crippen molar-refractivity contribution in [2.45, 2.75) is 38.8 Å². The molecule has 0 aliphatic rings. The van der Waals surface area contributed by atoms with Crippen molar-refractivity contribution < 1.29 is 24.3 Å². The van der Waals surface area contributed by atoms with Gasteiger partial charge >= 0.3 is 5.97 Å². The first-order valence-electron chi connectivity index (χ1n) is 6.55. The molecule has 0 spiro atoms. The fraction of sp³-hybridized carbons (Fsp3) is 0.667. The van der Waals surface area contributed by atoms with Crippen LogP contribution in [-0.4, -0.2) is 53.2 Å². The molecule has 4 N–H and O–H groups in total. The van der Waals surface area contributed by atoms with Crippen LogP contribution in [0.5, 0.6) is 0 Å². The van der Waals surface area contributed by atoms with Gasteiger partial charge < -0.3 is 21.1 Å². The van der Waals surface area contributed by atoms with Gasteiger partial charge in [-0.25, -0.2) is 4.79 Å². The average molecular weight is 319 g/mol. The van der Waals surface area contributed by atoms with Crippen LogP contribution in [0.25, 0.3) is 0 Å². The van der Waals surface area contributed by atoms with Crippen LogP contribution < -0.4 is 16.0 Å². The lowest BCUT2D eigenvalue weighted by molar-refractivity contribution is -0.142. The smallest absolute Gasteiger partial charge is 0.326 e. The molecule has 3 amide bonds. The van der Waals surface area contributed by atoms with E-state index in [1.54, 1.807) is 13.8 Å². The molecule has 0 bridgehead atoms. The Balaban J connectivity index is 4.42. The van der Waals surface area contributed by atoms with Gasteiger partial charge in [-0.05, 0) is 6.42 Å². The number of amides is 3. The van der Waals surface area contributed by atoms with Crippen LogP contribution in [0.2, 0.25) is 0 Å². The predicted molar refractivity (Wildman–Crippen MR) is 78.9 cm³/mol. The molecule has 9 heteroatoms. The van der Waals surface area contributed by atoms with Crippen molar-refractivity contribution in [2.24, 2.45) is 0 Å². The highest BCUT2D eigenvalue weighted by molar-refractivity contribution is 7.80. The number of thiol groups is 1. The monoisotopic (exact) mass is 319 g/mol. The van der Waals surface area contributed by atoms with E-state index < -0.39 is 29.9 Å². The first-order valence-corrected chi connectivity index (χ1v) is 7.18. The van der Waals surface area contributed by atoms with Crippen LogP contribution in [0, 0.1) is 0 Å². The molecule has 0 aromatic carbocycles. The number of carboxylic acids is 1. The van der Waals surface area contributed by atoms with Gasteiger partial charge in [-0.1, -0.05) is 13.8 Å². The number of rotatable bonds is 9. The van der Waals surface area contributed by atoms with E-state index in [0.29, 0.717) is 0 Å². The number of nitrogens with one attached hydrogen (secondary N) is 3. The fourth-order valence-corrected chi connectivity index (χ4v) is 1.61. The third-order valence-corrected chi connectivity index (χ3v) is 2.99. The number of carboxylic acid groups (broad SMARTS) is 1. The Bertz CT molecular complexity index is 402. The van der Waals surface area contributed by atoms with Crippen LogP contribution >= 0.6 is 12.6 Å². The van der Waals surface area contributed by atoms with Crippen molar-refractivity contribution in [3.8, 4) is 0 Å². The maximum atomic E-state index is 11.9. The quantitative estimate of drug-likeness (QED) is 0.345. The highest BCUT2D eigenvalue weighted by atomic mass is 32.1. The number of aliphatic carboxylic acids is 1. The number of carbonyl (C=O) groups is 4. The molecule has 0 fully saturated rings. The molecule has 2 unspecified atom stereocenters. The van der Waals surface area contributed by atoms with E-state index in [4.69, 9.17) is 5.11 Å². The highest BCUT2D eigenvalue weighted by Gasteiger charge is 2.24. The molecule has 0 aromatic rings. The Morgan fingerprint density at radius 1 is 1.05 bits per heavy atom. The molecule has 0 aliphatic carbocycles. The molecule has 0 heterocycles. The molecule has 0 aromatic heterocycles. The first kappa shape index (κ1) is 19.2. The summed E-state index contributed by atoms with van der Waals surface area (Å²) >= 11 is 3.95. The second kappa shape index (κ2) is 10.0. The summed E-state index contributed by atoms with van der Waals surface area (Å²) < 4.78 is 0. The Morgan fingerprint density at radius 3 is 2.10 bits per heavy atom. The minimum absolute atomic E-state index is 0.00928. The zero-order valence-electron chi connectivity index (χ0n) is 12.0. The summed E-state index contributed by atoms with van der Waals surface area (Å²) in [7, 11) is 0. The number of hydrogen-bond donors (Lipinski definition) is 5. The molecule has 21 heavy (non-hydrogen) atoms. The lowest BCUT2D eigenvalue weighted by Crippen LogP contribution is -2.53. The summed E-state index contributed by atoms with van der Waals surface area (Å²) in [6, 6.07) is -1.98. The van der Waals surface area contributed by atoms with Crippen molar-refractivity contribution in [2.75, 3.05) is 12.3 Å². The Hall–Kier alpha value is -1.77. The number of carbonyl (C=O) groups excluding carboxylic acids is 3. The topological polar surface area (TPSA) is 125 Å². The second-order valence-electron chi connectivity index (χ2n) is 4.24. The van der Waals surface area contributed by atoms with Crippen LogP contribution in [-0.2, 0) is 19.2 Å². The molecular formula is C12H21N3O5S. The average Bonchev–Trinajstić information content (AvgIpc) is 2.46. The van der Waals surface area contributed by atoms with Crippen LogP contribution in [0.3, 0.4) is 0 Å². The molecule has 0 saturated carbocycles. The van der Waals surface area contributed by atoms with Crippen LogP contribution in [0.4, 0.5) is 0 Å². The van der Waals surface area contributed by atoms with Gasteiger partial charge in [0, 0.05) is 12.2 Å². The van der Waals surface area contributed by atoms with Crippen molar-refractivity contribution in [1.29, 1.82) is 0 Å². The molecular weight excluding hydrogens is 298 g/mol. The standard InChI is InChI=1S/C12H21N3O5S/c1-3-7(12(19)20)15-11(18)8(6-21)14-10(17)5-13-9(16)4-2/h7-8,21H,3-6H2,1-2H3,(H,13,16)(H,14,17)(H,15,18)(H,19,20). The summed E-state index contributed by atoms with van der Waals surface area (Å²) in [5.74, 6) is -2.60. The molecule has 8 nitrogen and oxygen atoms in total. The van der Waals surface area contributed by atoms with E-state index in [2.05, 4.69) is 28.6 Å². The van der Waals surface area contributed by atoms with Crippen molar-refractivity contribution >= 4 is 36.3 Å². The first-order chi connectivity index (χ1) is 9.85. The maximum absolute atomic E-state index is 11.9. The van der Waals surface area contributed by atoms with Gasteiger partial charge in [0.15, 0.2) is 0 Å². The van der Waals surface area contributed by atoms with Gasteiger partial charge in [-0.15, -0.1) is 0 Å². The summed E-state index contributed by atoms with van der Waals surface area (Å²) in [6.45, 7) is 3.02. The third kappa shape index (κ3) is 7.54. The molecule has 2 atom stereocenters. The summed E-state index contributed by atoms with van der Waals surface area (Å²) in [5.41, 5.74) is 0. The van der Waals surface area contributed by atoms with Gasteiger partial charge in [0.1, 0.15) is 12.1 Å². The van der Waals surface area contributed by atoms with E-state index in [9.17, 15) is 19.2 Å². The van der Waals surface area contributed by atoms with Gasteiger partial charge in [-0.2, -0.15) is 12.6 Å². The summed E-state index contributed by atoms with van der Waals surface area (Å²) in [6.07, 6.45) is 0.474. The molecule has 0 aliphatic heterocycles. The van der Waals surface area contributed by atoms with E-state index in [0.717, 1.165) is 0 Å². The zero-order chi connectivity index (χ0) is 16.4. The molecule has 0 saturated heterocycles. The minimum Gasteiger partial charge on any atom is -0.480 e. The minimum atomic E-state index is -1.15. The van der Waals surface area contributed by atoms with Gasteiger partial charge in [0.2, 0.25) is 17.7 Å². The predicted octanol–water partition coefficient (Wildman–Crippen LogP) is -1.09. The Labute approximate surface area is 128 Å². The van der Waals surface area contributed by atoms with Crippen molar-refractivity contribution in [1.82, 2.24) is 16.0 Å². The zero-order valence-corrected chi connectivity index (χ0v) is 12.9. The Morgan fingerprint density at radius 2 is 1.67 bits per heavy atom. The lowest BCUT2D eigenvalue weighted by Gasteiger charge is -2.19. The molecule has 0 radical (unpaired) electrons. The molecule has 120 valence electrons. The largest absolute Gasteiger partial charge is 0.480 e. The summed E-state index contributed by atoms with van der Waals surface area (Å²) in [4.78, 5) is 45.3. The second-order valence-corrected chi connectivity index (χ2v) is 4.61. The van der Waals surface area contributed by atoms with Crippen molar-refractivity contribution in [3.63, 3.8) is 0 Å². The van der Waals surface area contributed by atoms with Gasteiger partial charge in [-0.3, -0.25) is 14.4 Å². The fourth-order valence-electron chi connectivity index (χ4n) is 1.35. The normalized spacial score (nSPS) is 12.9. The van der Waals surface area contributed by atoms with Crippen LogP contribution in [0.1, 0.15) is 26.7 Å². The third-order valence-electron chi connectivity index (χ3n) is 2.62. The SMILES string of the molecule is CCC(=O)NCC(=O)NC(CS)C(=O)NC(CC)C(=O)O. The number of hydrogen-bond acceptors (Lipinski definition) is 5. The molecule has 0 rings (SSSR count). The highest BCUT2D eigenvalue weighted by Crippen LogP contribution is 1.95. The van der Waals surface area contributed by atoms with E-state index in [1.807, 2.05) is 0 Å². The Kier molecular flexibility index (Phi) is 9.18. The van der Waals surface area contributed by atoms with Crippen LogP contribution in [0.15, 0.2) is 0 Å². The van der Waals surface area contributed by atoms with E-state index >= 15 is 0 Å².